The molecule has 0 radical (unpaired) electrons. The lowest BCUT2D eigenvalue weighted by atomic mass is 10.1. The number of carbonyl (C=O) groups is 1. The number of benzene rings is 2. The summed E-state index contributed by atoms with van der Waals surface area (Å²) < 4.78 is 5.79. The Hall–Kier alpha value is -4.20. The quantitative estimate of drug-likeness (QED) is 0.376. The van der Waals surface area contributed by atoms with Crippen molar-refractivity contribution >= 4 is 28.2 Å². The molecular weight excluding hydrogens is 372 g/mol. The molecule has 0 aliphatic heterocycles. The molecule has 0 atom stereocenters. The normalized spacial score (nSPS) is 10.7. The number of amides is 1. The zero-order valence-electron chi connectivity index (χ0n) is 15.4. The molecule has 0 unspecified atom stereocenters. The number of ether oxygens (including phenoxy) is 1. The van der Waals surface area contributed by atoms with Gasteiger partial charge in [0.2, 0.25) is 0 Å². The minimum Gasteiger partial charge on any atom is -0.455 e. The summed E-state index contributed by atoms with van der Waals surface area (Å²) in [4.78, 5) is 30.2. The van der Waals surface area contributed by atoms with Crippen LogP contribution in [0, 0.1) is 17.0 Å². The van der Waals surface area contributed by atoms with Gasteiger partial charge in [-0.1, -0.05) is 0 Å². The van der Waals surface area contributed by atoms with Crippen molar-refractivity contribution in [2.75, 3.05) is 5.32 Å². The Morgan fingerprint density at radius 1 is 1.21 bits per heavy atom. The Balaban J connectivity index is 1.55. The molecule has 0 bridgehead atoms. The number of H-pyrrole nitrogens is 1. The summed E-state index contributed by atoms with van der Waals surface area (Å²) in [7, 11) is 0. The minimum atomic E-state index is -0.488. The second-order valence-corrected chi connectivity index (χ2v) is 6.41. The zero-order chi connectivity index (χ0) is 20.4. The maximum atomic E-state index is 12.7. The van der Waals surface area contributed by atoms with Crippen LogP contribution in [0.3, 0.4) is 0 Å². The van der Waals surface area contributed by atoms with Crippen molar-refractivity contribution in [2.24, 2.45) is 0 Å². The fraction of sp³-hybridized carbons (Fsp3) is 0.0476. The van der Waals surface area contributed by atoms with Crippen LogP contribution in [0.25, 0.3) is 10.9 Å². The molecule has 0 aliphatic carbocycles. The minimum absolute atomic E-state index is 0.0705. The van der Waals surface area contributed by atoms with E-state index in [1.54, 1.807) is 48.8 Å². The number of non-ortho nitro benzene ring substituents is 1. The number of aromatic nitrogens is 2. The van der Waals surface area contributed by atoms with E-state index in [1.165, 1.54) is 18.3 Å². The van der Waals surface area contributed by atoms with Gasteiger partial charge < -0.3 is 15.0 Å². The van der Waals surface area contributed by atoms with Gasteiger partial charge in [0, 0.05) is 41.1 Å². The Bertz CT molecular complexity index is 1220. The SMILES string of the molecule is Cc1cc(NC(=O)c2c[nH]c3ccc([N+](=O)[O-])cc23)ccc1Oc1cccnc1. The van der Waals surface area contributed by atoms with Crippen molar-refractivity contribution in [1.82, 2.24) is 9.97 Å². The topological polar surface area (TPSA) is 110 Å². The van der Waals surface area contributed by atoms with Gasteiger partial charge in [-0.25, -0.2) is 0 Å². The number of pyridine rings is 1. The third kappa shape index (κ3) is 3.77. The van der Waals surface area contributed by atoms with Crippen LogP contribution in [0.5, 0.6) is 11.5 Å². The molecule has 8 nitrogen and oxygen atoms in total. The summed E-state index contributed by atoms with van der Waals surface area (Å²) in [6, 6.07) is 13.2. The molecule has 0 saturated heterocycles. The summed E-state index contributed by atoms with van der Waals surface area (Å²) in [5.41, 5.74) is 2.33. The fourth-order valence-electron chi connectivity index (χ4n) is 2.98. The molecule has 2 N–H and O–H groups in total. The van der Waals surface area contributed by atoms with Crippen molar-refractivity contribution in [3.05, 3.63) is 88.4 Å². The molecule has 144 valence electrons. The number of aryl methyl sites for hydroxylation is 1. The van der Waals surface area contributed by atoms with E-state index in [-0.39, 0.29) is 11.6 Å². The maximum Gasteiger partial charge on any atom is 0.270 e. The number of nitrogens with one attached hydrogen (secondary N) is 2. The molecule has 0 fully saturated rings. The summed E-state index contributed by atoms with van der Waals surface area (Å²) in [6.07, 6.45) is 4.82. The lowest BCUT2D eigenvalue weighted by Crippen LogP contribution is -2.11. The number of anilines is 1. The third-order valence-electron chi connectivity index (χ3n) is 4.42. The van der Waals surface area contributed by atoms with Crippen molar-refractivity contribution in [2.45, 2.75) is 6.92 Å². The number of hydrogen-bond acceptors (Lipinski definition) is 5. The van der Waals surface area contributed by atoms with E-state index in [2.05, 4.69) is 15.3 Å². The third-order valence-corrected chi connectivity index (χ3v) is 4.42. The summed E-state index contributed by atoms with van der Waals surface area (Å²) >= 11 is 0. The Morgan fingerprint density at radius 3 is 2.79 bits per heavy atom. The molecular formula is C21H16N4O4. The van der Waals surface area contributed by atoms with Gasteiger partial charge in [-0.15, -0.1) is 0 Å². The number of fused-ring (bicyclic) bond motifs is 1. The highest BCUT2D eigenvalue weighted by molar-refractivity contribution is 6.13. The van der Waals surface area contributed by atoms with E-state index in [4.69, 9.17) is 4.74 Å². The second-order valence-electron chi connectivity index (χ2n) is 6.41. The number of nitro benzene ring substituents is 1. The predicted octanol–water partition coefficient (Wildman–Crippen LogP) is 4.82. The molecule has 8 heteroatoms. The monoisotopic (exact) mass is 388 g/mol. The maximum absolute atomic E-state index is 12.7. The predicted molar refractivity (Wildman–Crippen MR) is 108 cm³/mol. The number of nitrogens with zero attached hydrogens (tertiary/aromatic N) is 2. The highest BCUT2D eigenvalue weighted by atomic mass is 16.6. The molecule has 2 heterocycles. The second kappa shape index (κ2) is 7.43. The molecule has 4 aromatic rings. The smallest absolute Gasteiger partial charge is 0.270 e. The highest BCUT2D eigenvalue weighted by Crippen LogP contribution is 2.28. The highest BCUT2D eigenvalue weighted by Gasteiger charge is 2.16. The van der Waals surface area contributed by atoms with Gasteiger partial charge in [-0.05, 0) is 48.9 Å². The van der Waals surface area contributed by atoms with Gasteiger partial charge in [0.1, 0.15) is 11.5 Å². The van der Waals surface area contributed by atoms with Crippen LogP contribution in [0.2, 0.25) is 0 Å². The molecule has 0 aliphatic rings. The fourth-order valence-corrected chi connectivity index (χ4v) is 2.98. The molecule has 0 spiro atoms. The van der Waals surface area contributed by atoms with Crippen LogP contribution in [0.4, 0.5) is 11.4 Å². The first-order valence-corrected chi connectivity index (χ1v) is 8.76. The zero-order valence-corrected chi connectivity index (χ0v) is 15.4. The van der Waals surface area contributed by atoms with Gasteiger partial charge in [-0.2, -0.15) is 0 Å². The van der Waals surface area contributed by atoms with E-state index in [0.717, 1.165) is 5.56 Å². The van der Waals surface area contributed by atoms with Gasteiger partial charge in [0.15, 0.2) is 0 Å². The van der Waals surface area contributed by atoms with Crippen LogP contribution < -0.4 is 10.1 Å². The average molecular weight is 388 g/mol. The number of rotatable bonds is 5. The van der Waals surface area contributed by atoms with E-state index in [9.17, 15) is 14.9 Å². The Labute approximate surface area is 165 Å². The number of nitro groups is 1. The van der Waals surface area contributed by atoms with Crippen molar-refractivity contribution in [3.63, 3.8) is 0 Å². The number of aromatic amines is 1. The molecule has 2 aromatic heterocycles. The van der Waals surface area contributed by atoms with E-state index in [1.807, 2.05) is 6.92 Å². The van der Waals surface area contributed by atoms with Crippen molar-refractivity contribution in [1.29, 1.82) is 0 Å². The molecule has 2 aromatic carbocycles. The standard InChI is InChI=1S/C21H16N4O4/c1-13-9-14(4-7-20(13)29-16-3-2-8-22-11-16)24-21(26)18-12-23-19-6-5-15(25(27)28)10-17(18)19/h2-12,23H,1H3,(H,24,26). The van der Waals surface area contributed by atoms with Crippen LogP contribution in [0.15, 0.2) is 67.1 Å². The largest absolute Gasteiger partial charge is 0.455 e. The Morgan fingerprint density at radius 2 is 2.07 bits per heavy atom. The van der Waals surface area contributed by atoms with Gasteiger partial charge >= 0.3 is 0 Å². The van der Waals surface area contributed by atoms with E-state index in [0.29, 0.717) is 33.7 Å². The molecule has 29 heavy (non-hydrogen) atoms. The Kier molecular flexibility index (Phi) is 4.66. The van der Waals surface area contributed by atoms with Crippen molar-refractivity contribution in [3.8, 4) is 11.5 Å². The molecule has 1 amide bonds. The lowest BCUT2D eigenvalue weighted by Gasteiger charge is -2.11. The van der Waals surface area contributed by atoms with Crippen LogP contribution in [0.1, 0.15) is 15.9 Å². The first-order valence-electron chi connectivity index (χ1n) is 8.76. The first-order chi connectivity index (χ1) is 14.0. The lowest BCUT2D eigenvalue weighted by molar-refractivity contribution is -0.384. The van der Waals surface area contributed by atoms with Crippen molar-refractivity contribution < 1.29 is 14.5 Å². The summed E-state index contributed by atoms with van der Waals surface area (Å²) in [5.74, 6) is 0.906. The summed E-state index contributed by atoms with van der Waals surface area (Å²) in [6.45, 7) is 1.87. The first kappa shape index (κ1) is 18.2. The average Bonchev–Trinajstić information content (AvgIpc) is 3.14. The molecule has 4 rings (SSSR count). The number of hydrogen-bond donors (Lipinski definition) is 2. The van der Waals surface area contributed by atoms with Crippen LogP contribution in [-0.4, -0.2) is 20.8 Å². The number of carbonyl (C=O) groups excluding carboxylic acids is 1. The van der Waals surface area contributed by atoms with Gasteiger partial charge in [0.05, 0.1) is 16.7 Å². The van der Waals surface area contributed by atoms with Crippen LogP contribution in [-0.2, 0) is 0 Å². The van der Waals surface area contributed by atoms with Crippen LogP contribution >= 0.6 is 0 Å². The van der Waals surface area contributed by atoms with Gasteiger partial charge in [0.25, 0.3) is 11.6 Å². The van der Waals surface area contributed by atoms with E-state index >= 15 is 0 Å². The summed E-state index contributed by atoms with van der Waals surface area (Å²) in [5, 5.41) is 14.3. The van der Waals surface area contributed by atoms with E-state index < -0.39 is 4.92 Å². The molecule has 0 saturated carbocycles. The van der Waals surface area contributed by atoms with Gasteiger partial charge in [-0.3, -0.25) is 19.9 Å².